The van der Waals surface area contributed by atoms with Gasteiger partial charge in [0.2, 0.25) is 5.91 Å². The van der Waals surface area contributed by atoms with Gasteiger partial charge >= 0.3 is 0 Å². The summed E-state index contributed by atoms with van der Waals surface area (Å²) in [6.45, 7) is 5.27. The first-order valence-corrected chi connectivity index (χ1v) is 11.2. The minimum absolute atomic E-state index is 0.0794. The van der Waals surface area contributed by atoms with Crippen LogP contribution in [0.25, 0.3) is 20.3 Å². The van der Waals surface area contributed by atoms with Gasteiger partial charge in [-0.05, 0) is 43.0 Å². The van der Waals surface area contributed by atoms with Gasteiger partial charge in [-0.15, -0.1) is 22.7 Å². The average molecular weight is 440 g/mol. The second kappa shape index (κ2) is 8.41. The summed E-state index contributed by atoms with van der Waals surface area (Å²) in [4.78, 5) is 28.4. The zero-order valence-corrected chi connectivity index (χ0v) is 18.4. The number of rotatable bonds is 6. The molecular formula is C22H21N3O3S2. The number of hydrogen-bond acceptors (Lipinski definition) is 6. The van der Waals surface area contributed by atoms with Crippen molar-refractivity contribution in [3.05, 3.63) is 52.3 Å². The van der Waals surface area contributed by atoms with E-state index in [2.05, 4.69) is 15.6 Å². The van der Waals surface area contributed by atoms with Gasteiger partial charge in [-0.3, -0.25) is 9.59 Å². The first-order chi connectivity index (χ1) is 14.4. The molecule has 0 saturated carbocycles. The van der Waals surface area contributed by atoms with Crippen LogP contribution in [0.4, 0.5) is 5.69 Å². The summed E-state index contributed by atoms with van der Waals surface area (Å²) >= 11 is 3.24. The molecule has 30 heavy (non-hydrogen) atoms. The van der Waals surface area contributed by atoms with Crippen LogP contribution in [0.5, 0.6) is 5.75 Å². The highest BCUT2D eigenvalue weighted by atomic mass is 32.1. The molecule has 0 fully saturated rings. The van der Waals surface area contributed by atoms with Gasteiger partial charge in [0.15, 0.2) is 6.61 Å². The van der Waals surface area contributed by atoms with E-state index in [0.717, 1.165) is 30.9 Å². The van der Waals surface area contributed by atoms with Crippen LogP contribution in [0.1, 0.15) is 30.5 Å². The topological polar surface area (TPSA) is 80.3 Å². The fourth-order valence-corrected chi connectivity index (χ4v) is 5.14. The number of carbonyl (C=O) groups excluding carboxylic acids is 2. The maximum absolute atomic E-state index is 12.5. The molecule has 2 aromatic carbocycles. The van der Waals surface area contributed by atoms with Crippen LogP contribution in [0.3, 0.4) is 0 Å². The summed E-state index contributed by atoms with van der Waals surface area (Å²) in [5, 5.41) is 9.69. The summed E-state index contributed by atoms with van der Waals surface area (Å²) in [6, 6.07) is 11.2. The van der Waals surface area contributed by atoms with Gasteiger partial charge in [-0.2, -0.15) is 0 Å². The van der Waals surface area contributed by atoms with E-state index in [1.165, 1.54) is 6.92 Å². The number of fused-ring (bicyclic) bond motifs is 3. The molecule has 0 radical (unpaired) electrons. The van der Waals surface area contributed by atoms with Crippen LogP contribution in [0.2, 0.25) is 0 Å². The van der Waals surface area contributed by atoms with E-state index in [0.29, 0.717) is 11.4 Å². The molecule has 0 aliphatic heterocycles. The predicted octanol–water partition coefficient (Wildman–Crippen LogP) is 5.03. The van der Waals surface area contributed by atoms with Crippen LogP contribution in [0.15, 0.2) is 41.8 Å². The number of amides is 2. The van der Waals surface area contributed by atoms with E-state index >= 15 is 0 Å². The summed E-state index contributed by atoms with van der Waals surface area (Å²) in [6.07, 6.45) is 0. The summed E-state index contributed by atoms with van der Waals surface area (Å²) in [7, 11) is 0. The molecule has 0 aliphatic carbocycles. The monoisotopic (exact) mass is 439 g/mol. The Morgan fingerprint density at radius 1 is 1.23 bits per heavy atom. The van der Waals surface area contributed by atoms with Gasteiger partial charge < -0.3 is 15.4 Å². The molecule has 2 amide bonds. The van der Waals surface area contributed by atoms with E-state index < -0.39 is 0 Å². The number of anilines is 1. The first kappa shape index (κ1) is 20.3. The molecule has 2 heterocycles. The molecule has 1 atom stereocenters. The Bertz CT molecular complexity index is 1250. The molecule has 0 aliphatic rings. The number of thiazole rings is 1. The minimum Gasteiger partial charge on any atom is -0.483 e. The quantitative estimate of drug-likeness (QED) is 0.441. The molecule has 0 saturated heterocycles. The highest BCUT2D eigenvalue weighted by Gasteiger charge is 2.15. The van der Waals surface area contributed by atoms with E-state index in [1.807, 2.05) is 55.6 Å². The Morgan fingerprint density at radius 3 is 2.87 bits per heavy atom. The molecule has 6 nitrogen and oxygen atoms in total. The van der Waals surface area contributed by atoms with E-state index in [4.69, 9.17) is 4.74 Å². The fourth-order valence-electron chi connectivity index (χ4n) is 3.31. The van der Waals surface area contributed by atoms with Crippen LogP contribution < -0.4 is 15.4 Å². The molecule has 0 bridgehead atoms. The number of ether oxygens (including phenoxy) is 1. The highest BCUT2D eigenvalue weighted by Crippen LogP contribution is 2.38. The van der Waals surface area contributed by atoms with Crippen molar-refractivity contribution in [3.63, 3.8) is 0 Å². The van der Waals surface area contributed by atoms with Gasteiger partial charge in [0.1, 0.15) is 5.75 Å². The lowest BCUT2D eigenvalue weighted by Gasteiger charge is -2.16. The lowest BCUT2D eigenvalue weighted by molar-refractivity contribution is -0.123. The van der Waals surface area contributed by atoms with Crippen LogP contribution in [-0.4, -0.2) is 23.4 Å². The van der Waals surface area contributed by atoms with E-state index in [-0.39, 0.29) is 24.5 Å². The average Bonchev–Trinajstić information content (AvgIpc) is 3.31. The zero-order chi connectivity index (χ0) is 21.3. The molecule has 2 aromatic heterocycles. The molecule has 154 valence electrons. The summed E-state index contributed by atoms with van der Waals surface area (Å²) in [5.41, 5.74) is 2.59. The lowest BCUT2D eigenvalue weighted by Crippen LogP contribution is -2.31. The number of aromatic nitrogens is 1. The maximum atomic E-state index is 12.5. The van der Waals surface area contributed by atoms with Crippen molar-refractivity contribution >= 4 is 60.5 Å². The lowest BCUT2D eigenvalue weighted by atomic mass is 10.1. The van der Waals surface area contributed by atoms with E-state index in [1.54, 1.807) is 22.7 Å². The largest absolute Gasteiger partial charge is 0.483 e. The summed E-state index contributed by atoms with van der Waals surface area (Å²) in [5.74, 6) is 0.347. The zero-order valence-electron chi connectivity index (χ0n) is 16.8. The van der Waals surface area contributed by atoms with Crippen molar-refractivity contribution in [1.29, 1.82) is 0 Å². The smallest absolute Gasteiger partial charge is 0.258 e. The van der Waals surface area contributed by atoms with Gasteiger partial charge in [0, 0.05) is 24.1 Å². The predicted molar refractivity (Wildman–Crippen MR) is 123 cm³/mol. The maximum Gasteiger partial charge on any atom is 0.258 e. The van der Waals surface area contributed by atoms with Crippen molar-refractivity contribution in [2.45, 2.75) is 26.8 Å². The second-order valence-corrected chi connectivity index (χ2v) is 9.15. The van der Waals surface area contributed by atoms with Crippen molar-refractivity contribution in [2.75, 3.05) is 11.9 Å². The Morgan fingerprint density at radius 2 is 2.07 bits per heavy atom. The second-order valence-electron chi connectivity index (χ2n) is 7.00. The standard InChI is InChI=1S/C22H21N3O3S2/c1-12(15-5-4-6-16(9-15)24-13(2)26)23-20(27)11-28-18-10-19-21(25-14(3)30-19)22-17(18)7-8-29-22/h4-10,12H,11H2,1-3H3,(H,23,27)(H,24,26). The van der Waals surface area contributed by atoms with Gasteiger partial charge in [-0.25, -0.2) is 4.98 Å². The SMILES string of the molecule is CC(=O)Nc1cccc(C(C)NC(=O)COc2cc3sc(C)nc3c3sccc23)c1. The molecule has 8 heteroatoms. The Hall–Kier alpha value is -2.97. The third kappa shape index (κ3) is 4.29. The molecular weight excluding hydrogens is 418 g/mol. The Balaban J connectivity index is 1.45. The molecule has 1 unspecified atom stereocenters. The van der Waals surface area contributed by atoms with Crippen LogP contribution in [0, 0.1) is 6.92 Å². The third-order valence-corrected chi connectivity index (χ3v) is 6.45. The van der Waals surface area contributed by atoms with Gasteiger partial charge in [0.05, 0.1) is 26.0 Å². The van der Waals surface area contributed by atoms with Crippen molar-refractivity contribution < 1.29 is 14.3 Å². The van der Waals surface area contributed by atoms with E-state index in [9.17, 15) is 9.59 Å². The first-order valence-electron chi connectivity index (χ1n) is 9.48. The van der Waals surface area contributed by atoms with Crippen molar-refractivity contribution in [1.82, 2.24) is 10.3 Å². The molecule has 0 spiro atoms. The third-order valence-electron chi connectivity index (χ3n) is 4.61. The number of nitrogens with one attached hydrogen (secondary N) is 2. The minimum atomic E-state index is -0.220. The normalized spacial score (nSPS) is 12.1. The number of thiophene rings is 1. The number of benzene rings is 2. The molecule has 2 N–H and O–H groups in total. The number of aryl methyl sites for hydroxylation is 1. The number of hydrogen-bond donors (Lipinski definition) is 2. The Kier molecular flexibility index (Phi) is 5.69. The van der Waals surface area contributed by atoms with Gasteiger partial charge in [-0.1, -0.05) is 12.1 Å². The van der Waals surface area contributed by atoms with Gasteiger partial charge in [0.25, 0.3) is 5.91 Å². The van der Waals surface area contributed by atoms with Crippen molar-refractivity contribution in [2.24, 2.45) is 0 Å². The number of nitrogens with zero attached hydrogens (tertiary/aromatic N) is 1. The molecule has 4 aromatic rings. The molecule has 4 rings (SSSR count). The Labute approximate surface area is 181 Å². The fraction of sp³-hybridized carbons (Fsp3) is 0.227. The van der Waals surface area contributed by atoms with Crippen LogP contribution >= 0.6 is 22.7 Å². The van der Waals surface area contributed by atoms with Crippen LogP contribution in [-0.2, 0) is 9.59 Å². The highest BCUT2D eigenvalue weighted by molar-refractivity contribution is 7.21. The number of carbonyl (C=O) groups is 2. The summed E-state index contributed by atoms with van der Waals surface area (Å²) < 4.78 is 8.02. The van der Waals surface area contributed by atoms with Crippen molar-refractivity contribution in [3.8, 4) is 5.75 Å².